The SMILES string of the molecule is O=c1n(Cc2ccc(F)cc2)nc2n1-c1ccccc1C1=NCCN12. The number of halogens is 1. The number of anilines is 1. The van der Waals surface area contributed by atoms with Crippen molar-refractivity contribution >= 4 is 11.8 Å². The minimum Gasteiger partial charge on any atom is -0.293 e. The first kappa shape index (κ1) is 14.2. The van der Waals surface area contributed by atoms with Crippen molar-refractivity contribution in [3.63, 3.8) is 0 Å². The average Bonchev–Trinajstić information content (AvgIpc) is 3.23. The summed E-state index contributed by atoms with van der Waals surface area (Å²) < 4.78 is 16.1. The Morgan fingerprint density at radius 1 is 1.08 bits per heavy atom. The maximum absolute atomic E-state index is 13.1. The van der Waals surface area contributed by atoms with Gasteiger partial charge in [0.25, 0.3) is 0 Å². The van der Waals surface area contributed by atoms with E-state index in [-0.39, 0.29) is 11.5 Å². The van der Waals surface area contributed by atoms with Gasteiger partial charge in [0.15, 0.2) is 0 Å². The Kier molecular flexibility index (Phi) is 2.91. The summed E-state index contributed by atoms with van der Waals surface area (Å²) in [6.45, 7) is 1.68. The second kappa shape index (κ2) is 5.14. The van der Waals surface area contributed by atoms with Gasteiger partial charge in [0.2, 0.25) is 5.95 Å². The van der Waals surface area contributed by atoms with E-state index in [9.17, 15) is 9.18 Å². The van der Waals surface area contributed by atoms with Crippen LogP contribution in [0.1, 0.15) is 11.1 Å². The van der Waals surface area contributed by atoms with Crippen molar-refractivity contribution in [1.82, 2.24) is 14.3 Å². The molecule has 0 fully saturated rings. The van der Waals surface area contributed by atoms with Crippen LogP contribution in [0.5, 0.6) is 0 Å². The zero-order chi connectivity index (χ0) is 17.0. The molecule has 7 heteroatoms. The Morgan fingerprint density at radius 3 is 2.72 bits per heavy atom. The number of hydrogen-bond donors (Lipinski definition) is 0. The van der Waals surface area contributed by atoms with Gasteiger partial charge in [-0.15, -0.1) is 5.10 Å². The van der Waals surface area contributed by atoms with Gasteiger partial charge in [0.05, 0.1) is 18.8 Å². The van der Waals surface area contributed by atoms with Gasteiger partial charge in [-0.2, -0.15) is 0 Å². The highest BCUT2D eigenvalue weighted by molar-refractivity contribution is 6.14. The van der Waals surface area contributed by atoms with E-state index < -0.39 is 0 Å². The first-order valence-electron chi connectivity index (χ1n) is 8.08. The van der Waals surface area contributed by atoms with Crippen molar-refractivity contribution in [2.75, 3.05) is 18.0 Å². The highest BCUT2D eigenvalue weighted by atomic mass is 19.1. The number of rotatable bonds is 2. The molecular weight excluding hydrogens is 321 g/mol. The lowest BCUT2D eigenvalue weighted by Gasteiger charge is -2.26. The molecule has 5 rings (SSSR count). The summed E-state index contributed by atoms with van der Waals surface area (Å²) in [6, 6.07) is 13.8. The monoisotopic (exact) mass is 335 g/mol. The van der Waals surface area contributed by atoms with Gasteiger partial charge >= 0.3 is 5.69 Å². The molecule has 3 heterocycles. The van der Waals surface area contributed by atoms with Gasteiger partial charge in [0, 0.05) is 12.1 Å². The van der Waals surface area contributed by atoms with E-state index in [1.54, 1.807) is 16.7 Å². The lowest BCUT2D eigenvalue weighted by Crippen LogP contribution is -2.37. The molecule has 0 N–H and O–H groups in total. The quantitative estimate of drug-likeness (QED) is 0.718. The molecule has 0 unspecified atom stereocenters. The van der Waals surface area contributed by atoms with Crippen LogP contribution in [0.2, 0.25) is 0 Å². The van der Waals surface area contributed by atoms with Crippen LogP contribution < -0.4 is 10.6 Å². The third-order valence-corrected chi connectivity index (χ3v) is 4.54. The number of para-hydroxylation sites is 1. The van der Waals surface area contributed by atoms with Crippen molar-refractivity contribution in [2.45, 2.75) is 6.54 Å². The number of nitrogens with zero attached hydrogens (tertiary/aromatic N) is 5. The number of hydrogen-bond acceptors (Lipinski definition) is 4. The van der Waals surface area contributed by atoms with Gasteiger partial charge < -0.3 is 0 Å². The second-order valence-electron chi connectivity index (χ2n) is 6.08. The van der Waals surface area contributed by atoms with Gasteiger partial charge in [0.1, 0.15) is 11.7 Å². The standard InChI is InChI=1S/C18H14FN5O/c19-13-7-5-12(6-8-13)11-23-18(25)24-15-4-2-1-3-14(15)16-20-9-10-22(16)17(24)21-23/h1-8H,9-11H2. The third kappa shape index (κ3) is 2.05. The largest absolute Gasteiger partial charge is 0.352 e. The lowest BCUT2D eigenvalue weighted by molar-refractivity contribution is 0.622. The van der Waals surface area contributed by atoms with Crippen LogP contribution >= 0.6 is 0 Å². The summed E-state index contributed by atoms with van der Waals surface area (Å²) in [5.41, 5.74) is 2.35. The fraction of sp³-hybridized carbons (Fsp3) is 0.167. The van der Waals surface area contributed by atoms with Gasteiger partial charge in [-0.1, -0.05) is 24.3 Å². The van der Waals surface area contributed by atoms with E-state index in [0.29, 0.717) is 25.6 Å². The molecule has 3 aromatic rings. The molecule has 124 valence electrons. The Bertz CT molecular complexity index is 1060. The molecule has 2 aromatic carbocycles. The van der Waals surface area contributed by atoms with E-state index >= 15 is 0 Å². The first-order chi connectivity index (χ1) is 12.2. The molecule has 0 saturated carbocycles. The van der Waals surface area contributed by atoms with Crippen LogP contribution in [-0.4, -0.2) is 33.3 Å². The lowest BCUT2D eigenvalue weighted by atomic mass is 10.1. The van der Waals surface area contributed by atoms with Crippen molar-refractivity contribution in [3.05, 3.63) is 76.0 Å². The van der Waals surface area contributed by atoms with E-state index in [4.69, 9.17) is 0 Å². The number of amidine groups is 1. The highest BCUT2D eigenvalue weighted by Crippen LogP contribution is 2.29. The Hall–Kier alpha value is -3.22. The van der Waals surface area contributed by atoms with Crippen LogP contribution in [-0.2, 0) is 6.54 Å². The topological polar surface area (TPSA) is 55.4 Å². The van der Waals surface area contributed by atoms with Crippen LogP contribution in [0.25, 0.3) is 5.69 Å². The van der Waals surface area contributed by atoms with Gasteiger partial charge in [-0.25, -0.2) is 18.4 Å². The maximum atomic E-state index is 13.1. The van der Waals surface area contributed by atoms with Gasteiger partial charge in [-0.3, -0.25) is 9.89 Å². The van der Waals surface area contributed by atoms with E-state index in [0.717, 1.165) is 22.6 Å². The van der Waals surface area contributed by atoms with E-state index in [1.807, 2.05) is 29.2 Å². The Labute approximate surface area is 142 Å². The van der Waals surface area contributed by atoms with Crippen molar-refractivity contribution in [3.8, 4) is 5.69 Å². The van der Waals surface area contributed by atoms with Crippen LogP contribution in [0, 0.1) is 5.82 Å². The molecule has 0 aliphatic carbocycles. The van der Waals surface area contributed by atoms with Crippen LogP contribution in [0.15, 0.2) is 58.3 Å². The molecule has 0 spiro atoms. The second-order valence-corrected chi connectivity index (χ2v) is 6.08. The average molecular weight is 335 g/mol. The van der Waals surface area contributed by atoms with Crippen molar-refractivity contribution < 1.29 is 4.39 Å². The summed E-state index contributed by atoms with van der Waals surface area (Å²) in [5, 5.41) is 4.53. The maximum Gasteiger partial charge on any atom is 0.352 e. The number of aliphatic imine (C=N–C) groups is 1. The van der Waals surface area contributed by atoms with Crippen LogP contribution in [0.3, 0.4) is 0 Å². The molecule has 6 nitrogen and oxygen atoms in total. The van der Waals surface area contributed by atoms with E-state index in [1.165, 1.54) is 16.8 Å². The van der Waals surface area contributed by atoms with Crippen LogP contribution in [0.4, 0.5) is 10.3 Å². The Balaban J connectivity index is 1.66. The number of benzene rings is 2. The predicted octanol–water partition coefficient (Wildman–Crippen LogP) is 1.80. The minimum atomic E-state index is -0.299. The summed E-state index contributed by atoms with van der Waals surface area (Å²) >= 11 is 0. The molecular formula is C18H14FN5O. The number of aromatic nitrogens is 3. The smallest absolute Gasteiger partial charge is 0.293 e. The molecule has 0 atom stereocenters. The molecule has 0 saturated heterocycles. The molecule has 2 aliphatic heterocycles. The van der Waals surface area contributed by atoms with Crippen molar-refractivity contribution in [2.24, 2.45) is 4.99 Å². The molecule has 0 bridgehead atoms. The fourth-order valence-electron chi connectivity index (χ4n) is 3.38. The normalized spacial score (nSPS) is 14.8. The summed E-state index contributed by atoms with van der Waals surface area (Å²) in [7, 11) is 0. The summed E-state index contributed by atoms with van der Waals surface area (Å²) in [5.74, 6) is 1.15. The fourth-order valence-corrected chi connectivity index (χ4v) is 3.38. The number of fused-ring (bicyclic) bond motifs is 6. The molecule has 0 radical (unpaired) electrons. The zero-order valence-electron chi connectivity index (χ0n) is 13.3. The first-order valence-corrected chi connectivity index (χ1v) is 8.08. The summed E-state index contributed by atoms with van der Waals surface area (Å²) in [4.78, 5) is 19.5. The van der Waals surface area contributed by atoms with E-state index in [2.05, 4.69) is 10.1 Å². The predicted molar refractivity (Wildman–Crippen MR) is 92.1 cm³/mol. The molecule has 2 aliphatic rings. The van der Waals surface area contributed by atoms with Gasteiger partial charge in [-0.05, 0) is 29.8 Å². The van der Waals surface area contributed by atoms with Crippen molar-refractivity contribution in [1.29, 1.82) is 0 Å². The highest BCUT2D eigenvalue weighted by Gasteiger charge is 2.34. The zero-order valence-corrected chi connectivity index (χ0v) is 13.3. The molecule has 0 amide bonds. The minimum absolute atomic E-state index is 0.210. The summed E-state index contributed by atoms with van der Waals surface area (Å²) in [6.07, 6.45) is 0. The molecule has 25 heavy (non-hydrogen) atoms. The Morgan fingerprint density at radius 2 is 1.88 bits per heavy atom. The third-order valence-electron chi connectivity index (χ3n) is 4.54. The molecule has 1 aromatic heterocycles.